The van der Waals surface area contributed by atoms with Crippen LogP contribution in [0.5, 0.6) is 0 Å². The molecule has 1 aliphatic carbocycles. The number of nitrogens with zero attached hydrogens (tertiary/aromatic N) is 1. The predicted molar refractivity (Wildman–Crippen MR) is 94.7 cm³/mol. The van der Waals surface area contributed by atoms with Crippen LogP contribution in [0.3, 0.4) is 0 Å². The molecule has 0 saturated heterocycles. The standard InChI is InChI=1S/C18H25ClN4/c1-20-18(14-6-2-3-7-15(14)19)10-5-4-8-16(18)21-11-9-17-22-12-13-23-17/h2-3,6-7,12-13,16,20-21H,4-5,8-11H2,1H3,(H,22,23). The first-order chi connectivity index (χ1) is 11.3. The van der Waals surface area contributed by atoms with Crippen LogP contribution in [0.15, 0.2) is 36.7 Å². The third-order valence-electron chi connectivity index (χ3n) is 5.02. The molecule has 1 aliphatic rings. The van der Waals surface area contributed by atoms with Crippen LogP contribution >= 0.6 is 11.6 Å². The average Bonchev–Trinajstić information content (AvgIpc) is 3.09. The second kappa shape index (κ2) is 7.47. The maximum Gasteiger partial charge on any atom is 0.107 e. The molecule has 1 heterocycles. The normalized spacial score (nSPS) is 24.7. The summed E-state index contributed by atoms with van der Waals surface area (Å²) in [6.07, 6.45) is 9.32. The van der Waals surface area contributed by atoms with Crippen molar-refractivity contribution < 1.29 is 0 Å². The van der Waals surface area contributed by atoms with Gasteiger partial charge in [0, 0.05) is 36.4 Å². The Bertz CT molecular complexity index is 613. The van der Waals surface area contributed by atoms with Crippen molar-refractivity contribution in [3.63, 3.8) is 0 Å². The largest absolute Gasteiger partial charge is 0.349 e. The minimum absolute atomic E-state index is 0.0975. The van der Waals surface area contributed by atoms with Crippen LogP contribution in [0.1, 0.15) is 37.1 Å². The highest BCUT2D eigenvalue weighted by molar-refractivity contribution is 6.31. The number of hydrogen-bond acceptors (Lipinski definition) is 3. The molecule has 23 heavy (non-hydrogen) atoms. The minimum atomic E-state index is -0.0975. The van der Waals surface area contributed by atoms with Crippen LogP contribution in [0, 0.1) is 0 Å². The fourth-order valence-electron chi connectivity index (χ4n) is 3.83. The SMILES string of the molecule is CNC1(c2ccccc2Cl)CCCCC1NCCc1ncc[nH]1. The molecular formula is C18H25ClN4. The number of likely N-dealkylation sites (N-methyl/N-ethyl adjacent to an activating group) is 1. The Labute approximate surface area is 143 Å². The molecule has 4 nitrogen and oxygen atoms in total. The van der Waals surface area contributed by atoms with Crippen LogP contribution in [-0.2, 0) is 12.0 Å². The summed E-state index contributed by atoms with van der Waals surface area (Å²) < 4.78 is 0. The van der Waals surface area contributed by atoms with E-state index in [1.54, 1.807) is 6.20 Å². The van der Waals surface area contributed by atoms with E-state index in [-0.39, 0.29) is 5.54 Å². The molecular weight excluding hydrogens is 308 g/mol. The Morgan fingerprint density at radius 2 is 2.22 bits per heavy atom. The summed E-state index contributed by atoms with van der Waals surface area (Å²) in [6, 6.07) is 8.60. The number of aromatic amines is 1. The van der Waals surface area contributed by atoms with Gasteiger partial charge in [0.05, 0.1) is 5.54 Å². The number of hydrogen-bond donors (Lipinski definition) is 3. The molecule has 0 radical (unpaired) electrons. The highest BCUT2D eigenvalue weighted by atomic mass is 35.5. The second-order valence-electron chi connectivity index (χ2n) is 6.24. The third kappa shape index (κ3) is 3.44. The second-order valence-corrected chi connectivity index (χ2v) is 6.65. The van der Waals surface area contributed by atoms with Gasteiger partial charge in [-0.3, -0.25) is 0 Å². The van der Waals surface area contributed by atoms with Crippen LogP contribution in [0.25, 0.3) is 0 Å². The van der Waals surface area contributed by atoms with E-state index in [4.69, 9.17) is 11.6 Å². The maximum atomic E-state index is 6.52. The van der Waals surface area contributed by atoms with Gasteiger partial charge >= 0.3 is 0 Å². The summed E-state index contributed by atoms with van der Waals surface area (Å²) in [4.78, 5) is 7.46. The lowest BCUT2D eigenvalue weighted by molar-refractivity contribution is 0.178. The smallest absolute Gasteiger partial charge is 0.107 e. The topological polar surface area (TPSA) is 52.7 Å². The van der Waals surface area contributed by atoms with Gasteiger partial charge in [-0.25, -0.2) is 4.98 Å². The van der Waals surface area contributed by atoms with Gasteiger partial charge in [0.2, 0.25) is 0 Å². The van der Waals surface area contributed by atoms with Crippen LogP contribution in [0.4, 0.5) is 0 Å². The summed E-state index contributed by atoms with van der Waals surface area (Å²) in [5, 5.41) is 8.19. The monoisotopic (exact) mass is 332 g/mol. The Hall–Kier alpha value is -1.36. The molecule has 0 amide bonds. The Morgan fingerprint density at radius 1 is 1.35 bits per heavy atom. The number of aromatic nitrogens is 2. The van der Waals surface area contributed by atoms with Gasteiger partial charge in [-0.2, -0.15) is 0 Å². The minimum Gasteiger partial charge on any atom is -0.349 e. The number of halogens is 1. The molecule has 0 spiro atoms. The Morgan fingerprint density at radius 3 is 2.96 bits per heavy atom. The van der Waals surface area contributed by atoms with Crippen molar-refractivity contribution in [2.45, 2.75) is 43.7 Å². The zero-order chi connectivity index (χ0) is 16.1. The van der Waals surface area contributed by atoms with Crippen molar-refractivity contribution in [1.29, 1.82) is 0 Å². The fraction of sp³-hybridized carbons (Fsp3) is 0.500. The molecule has 2 aromatic rings. The molecule has 5 heteroatoms. The van der Waals surface area contributed by atoms with Gasteiger partial charge in [-0.1, -0.05) is 42.6 Å². The van der Waals surface area contributed by atoms with E-state index in [0.29, 0.717) is 6.04 Å². The quantitative estimate of drug-likeness (QED) is 0.761. The molecule has 2 unspecified atom stereocenters. The van der Waals surface area contributed by atoms with E-state index >= 15 is 0 Å². The molecule has 1 aromatic heterocycles. The number of imidazole rings is 1. The van der Waals surface area contributed by atoms with E-state index in [2.05, 4.69) is 39.8 Å². The van der Waals surface area contributed by atoms with Crippen LogP contribution < -0.4 is 10.6 Å². The van der Waals surface area contributed by atoms with Gasteiger partial charge in [0.1, 0.15) is 5.82 Å². The zero-order valence-corrected chi connectivity index (χ0v) is 14.4. The summed E-state index contributed by atoms with van der Waals surface area (Å²) in [7, 11) is 2.05. The molecule has 124 valence electrons. The lowest BCUT2D eigenvalue weighted by Crippen LogP contribution is -2.58. The van der Waals surface area contributed by atoms with Crippen molar-refractivity contribution in [3.8, 4) is 0 Å². The summed E-state index contributed by atoms with van der Waals surface area (Å²) >= 11 is 6.52. The van der Waals surface area contributed by atoms with E-state index in [9.17, 15) is 0 Å². The van der Waals surface area contributed by atoms with E-state index < -0.39 is 0 Å². The maximum absolute atomic E-state index is 6.52. The first-order valence-electron chi connectivity index (χ1n) is 8.42. The van der Waals surface area contributed by atoms with Crippen molar-refractivity contribution >= 4 is 11.6 Å². The molecule has 1 fully saturated rings. The van der Waals surface area contributed by atoms with Crippen molar-refractivity contribution in [2.24, 2.45) is 0 Å². The van der Waals surface area contributed by atoms with Crippen molar-refractivity contribution in [3.05, 3.63) is 53.1 Å². The van der Waals surface area contributed by atoms with Gasteiger partial charge in [-0.15, -0.1) is 0 Å². The lowest BCUT2D eigenvalue weighted by atomic mass is 9.72. The molecule has 3 rings (SSSR count). The Kier molecular flexibility index (Phi) is 5.36. The summed E-state index contributed by atoms with van der Waals surface area (Å²) in [5.41, 5.74) is 1.11. The Balaban J connectivity index is 1.77. The van der Waals surface area contributed by atoms with Gasteiger partial charge in [0.15, 0.2) is 0 Å². The average molecular weight is 333 g/mol. The highest BCUT2D eigenvalue weighted by Crippen LogP contribution is 2.40. The number of benzene rings is 1. The van der Waals surface area contributed by atoms with E-state index in [0.717, 1.165) is 36.7 Å². The lowest BCUT2D eigenvalue weighted by Gasteiger charge is -2.45. The third-order valence-corrected chi connectivity index (χ3v) is 5.35. The fourth-order valence-corrected chi connectivity index (χ4v) is 4.13. The van der Waals surface area contributed by atoms with Gasteiger partial charge in [-0.05, 0) is 31.5 Å². The molecule has 1 saturated carbocycles. The van der Waals surface area contributed by atoms with Crippen molar-refractivity contribution in [1.82, 2.24) is 20.6 Å². The summed E-state index contributed by atoms with van der Waals surface area (Å²) in [6.45, 7) is 0.909. The van der Waals surface area contributed by atoms with E-state index in [1.165, 1.54) is 18.4 Å². The first kappa shape index (κ1) is 16.5. The number of H-pyrrole nitrogens is 1. The molecule has 3 N–H and O–H groups in total. The summed E-state index contributed by atoms with van der Waals surface area (Å²) in [5.74, 6) is 1.03. The first-order valence-corrected chi connectivity index (χ1v) is 8.79. The molecule has 0 bridgehead atoms. The van der Waals surface area contributed by atoms with Crippen LogP contribution in [0.2, 0.25) is 5.02 Å². The highest BCUT2D eigenvalue weighted by Gasteiger charge is 2.41. The molecule has 2 atom stereocenters. The molecule has 0 aliphatic heterocycles. The number of rotatable bonds is 6. The van der Waals surface area contributed by atoms with Gasteiger partial charge in [0.25, 0.3) is 0 Å². The number of nitrogens with one attached hydrogen (secondary N) is 3. The van der Waals surface area contributed by atoms with Gasteiger partial charge < -0.3 is 15.6 Å². The zero-order valence-electron chi connectivity index (χ0n) is 13.6. The van der Waals surface area contributed by atoms with E-state index in [1.807, 2.05) is 18.3 Å². The van der Waals surface area contributed by atoms with Crippen LogP contribution in [-0.4, -0.2) is 29.6 Å². The van der Waals surface area contributed by atoms with Crippen molar-refractivity contribution in [2.75, 3.05) is 13.6 Å². The predicted octanol–water partition coefficient (Wildman–Crippen LogP) is 3.25. The molecule has 1 aromatic carbocycles.